The van der Waals surface area contributed by atoms with Crippen molar-refractivity contribution in [3.05, 3.63) is 0 Å². The van der Waals surface area contributed by atoms with E-state index in [-0.39, 0.29) is 12.6 Å². The van der Waals surface area contributed by atoms with Crippen LogP contribution >= 0.6 is 0 Å². The first kappa shape index (κ1) is 12.3. The van der Waals surface area contributed by atoms with Crippen molar-refractivity contribution in [2.45, 2.75) is 44.4 Å². The molecule has 0 aliphatic carbocycles. The van der Waals surface area contributed by atoms with E-state index in [2.05, 4.69) is 17.1 Å². The van der Waals surface area contributed by atoms with Crippen LogP contribution in [0.15, 0.2) is 0 Å². The lowest BCUT2D eigenvalue weighted by molar-refractivity contribution is -0.0421. The average Bonchev–Trinajstić information content (AvgIpc) is 2.64. The van der Waals surface area contributed by atoms with Gasteiger partial charge in [0.05, 0.1) is 18.8 Å². The number of hydrogen-bond donors (Lipinski definition) is 2. The Morgan fingerprint density at radius 3 is 2.62 bits per heavy atom. The molecule has 0 saturated carbocycles. The number of aliphatic hydroxyl groups is 1. The molecule has 3 unspecified atom stereocenters. The van der Waals surface area contributed by atoms with E-state index in [1.54, 1.807) is 0 Å². The van der Waals surface area contributed by atoms with Crippen molar-refractivity contribution >= 4 is 0 Å². The standard InChI is InChI=1S/C12H24N2O2/c1-2-5-13-10(9-15)6-14-7-11-3-4-12(8-14)16-11/h10-13,15H,2-9H2,1H3. The lowest BCUT2D eigenvalue weighted by atomic mass is 10.2. The van der Waals surface area contributed by atoms with Crippen LogP contribution in [0.25, 0.3) is 0 Å². The van der Waals surface area contributed by atoms with Gasteiger partial charge in [-0.2, -0.15) is 0 Å². The van der Waals surface area contributed by atoms with Gasteiger partial charge in [0.1, 0.15) is 0 Å². The molecule has 0 amide bonds. The van der Waals surface area contributed by atoms with E-state index in [1.165, 1.54) is 12.8 Å². The monoisotopic (exact) mass is 228 g/mol. The first-order valence-electron chi connectivity index (χ1n) is 6.54. The molecule has 2 N–H and O–H groups in total. The maximum absolute atomic E-state index is 9.31. The normalized spacial score (nSPS) is 31.9. The molecule has 0 aromatic carbocycles. The number of nitrogens with one attached hydrogen (secondary N) is 1. The summed E-state index contributed by atoms with van der Waals surface area (Å²) >= 11 is 0. The predicted molar refractivity (Wildman–Crippen MR) is 63.5 cm³/mol. The number of fused-ring (bicyclic) bond motifs is 2. The van der Waals surface area contributed by atoms with Crippen molar-refractivity contribution in [1.82, 2.24) is 10.2 Å². The second-order valence-corrected chi connectivity index (χ2v) is 5.01. The van der Waals surface area contributed by atoms with Gasteiger partial charge in [-0.25, -0.2) is 0 Å². The number of hydrogen-bond acceptors (Lipinski definition) is 4. The van der Waals surface area contributed by atoms with Gasteiger partial charge in [-0.3, -0.25) is 4.90 Å². The molecule has 3 atom stereocenters. The summed E-state index contributed by atoms with van der Waals surface area (Å²) in [5, 5.41) is 12.7. The number of aliphatic hydroxyl groups excluding tert-OH is 1. The van der Waals surface area contributed by atoms with E-state index in [0.717, 1.165) is 32.6 Å². The summed E-state index contributed by atoms with van der Waals surface area (Å²) in [7, 11) is 0. The van der Waals surface area contributed by atoms with Gasteiger partial charge in [0.15, 0.2) is 0 Å². The molecule has 0 spiro atoms. The topological polar surface area (TPSA) is 44.7 Å². The highest BCUT2D eigenvalue weighted by Crippen LogP contribution is 2.26. The average molecular weight is 228 g/mol. The summed E-state index contributed by atoms with van der Waals surface area (Å²) < 4.78 is 5.80. The molecular formula is C12H24N2O2. The van der Waals surface area contributed by atoms with E-state index < -0.39 is 0 Å². The zero-order valence-electron chi connectivity index (χ0n) is 10.2. The van der Waals surface area contributed by atoms with Crippen LogP contribution < -0.4 is 5.32 Å². The van der Waals surface area contributed by atoms with Crippen molar-refractivity contribution in [3.8, 4) is 0 Å². The van der Waals surface area contributed by atoms with E-state index in [1.807, 2.05) is 0 Å². The number of nitrogens with zero attached hydrogens (tertiary/aromatic N) is 1. The van der Waals surface area contributed by atoms with Gasteiger partial charge in [-0.1, -0.05) is 6.92 Å². The molecule has 0 aromatic heterocycles. The molecule has 2 heterocycles. The molecule has 2 aliphatic heterocycles. The van der Waals surface area contributed by atoms with Gasteiger partial charge in [0.25, 0.3) is 0 Å². The SMILES string of the molecule is CCCNC(CO)CN1CC2CCC(C1)O2. The van der Waals surface area contributed by atoms with Crippen molar-refractivity contribution < 1.29 is 9.84 Å². The minimum Gasteiger partial charge on any atom is -0.395 e. The fraction of sp³-hybridized carbons (Fsp3) is 1.00. The number of likely N-dealkylation sites (tertiary alicyclic amines) is 1. The van der Waals surface area contributed by atoms with Crippen LogP contribution in [-0.2, 0) is 4.74 Å². The van der Waals surface area contributed by atoms with Gasteiger partial charge >= 0.3 is 0 Å². The number of rotatable bonds is 6. The first-order chi connectivity index (χ1) is 7.81. The fourth-order valence-electron chi connectivity index (χ4n) is 2.70. The molecule has 2 aliphatic rings. The van der Waals surface area contributed by atoms with Gasteiger partial charge in [-0.05, 0) is 25.8 Å². The third-order valence-electron chi connectivity index (χ3n) is 3.50. The van der Waals surface area contributed by atoms with Crippen molar-refractivity contribution in [2.24, 2.45) is 0 Å². The Bertz CT molecular complexity index is 201. The number of morpholine rings is 1. The van der Waals surface area contributed by atoms with Crippen LogP contribution in [0.2, 0.25) is 0 Å². The van der Waals surface area contributed by atoms with Gasteiger partial charge < -0.3 is 15.2 Å². The summed E-state index contributed by atoms with van der Waals surface area (Å²) in [6.07, 6.45) is 4.44. The molecule has 0 radical (unpaired) electrons. The van der Waals surface area contributed by atoms with E-state index in [9.17, 15) is 5.11 Å². The Morgan fingerprint density at radius 1 is 1.38 bits per heavy atom. The smallest absolute Gasteiger partial charge is 0.0707 e. The van der Waals surface area contributed by atoms with Crippen LogP contribution in [0.4, 0.5) is 0 Å². The summed E-state index contributed by atoms with van der Waals surface area (Å²) in [5.41, 5.74) is 0. The Kier molecular flexibility index (Phi) is 4.58. The fourth-order valence-corrected chi connectivity index (χ4v) is 2.70. The maximum atomic E-state index is 9.31. The van der Waals surface area contributed by atoms with Crippen molar-refractivity contribution in [2.75, 3.05) is 32.8 Å². The Balaban J connectivity index is 1.75. The molecule has 4 heteroatoms. The molecule has 16 heavy (non-hydrogen) atoms. The van der Waals surface area contributed by atoms with Crippen LogP contribution in [0.3, 0.4) is 0 Å². The Hall–Kier alpha value is -0.160. The second kappa shape index (κ2) is 5.96. The quantitative estimate of drug-likeness (QED) is 0.682. The molecule has 0 aromatic rings. The molecule has 4 nitrogen and oxygen atoms in total. The minimum absolute atomic E-state index is 0.220. The summed E-state index contributed by atoms with van der Waals surface area (Å²) in [5.74, 6) is 0. The van der Waals surface area contributed by atoms with E-state index in [0.29, 0.717) is 12.2 Å². The molecule has 2 bridgehead atoms. The van der Waals surface area contributed by atoms with Gasteiger partial charge in [0.2, 0.25) is 0 Å². The lowest BCUT2D eigenvalue weighted by Crippen LogP contribution is -2.50. The lowest BCUT2D eigenvalue weighted by Gasteiger charge is -2.34. The van der Waals surface area contributed by atoms with Gasteiger partial charge in [0, 0.05) is 25.7 Å². The van der Waals surface area contributed by atoms with Crippen LogP contribution in [0.5, 0.6) is 0 Å². The van der Waals surface area contributed by atoms with Crippen LogP contribution in [0, 0.1) is 0 Å². The molecule has 2 rings (SSSR count). The van der Waals surface area contributed by atoms with Crippen LogP contribution in [0.1, 0.15) is 26.2 Å². The molecule has 94 valence electrons. The van der Waals surface area contributed by atoms with Crippen molar-refractivity contribution in [3.63, 3.8) is 0 Å². The summed E-state index contributed by atoms with van der Waals surface area (Å²) in [6, 6.07) is 0.220. The molecule has 2 fully saturated rings. The Labute approximate surface area is 98.0 Å². The summed E-state index contributed by atoms with van der Waals surface area (Å²) in [6.45, 7) is 6.40. The highest BCUT2D eigenvalue weighted by molar-refractivity contribution is 4.86. The third-order valence-corrected chi connectivity index (χ3v) is 3.50. The zero-order valence-corrected chi connectivity index (χ0v) is 10.2. The molecular weight excluding hydrogens is 204 g/mol. The third kappa shape index (κ3) is 3.17. The highest BCUT2D eigenvalue weighted by Gasteiger charge is 2.34. The maximum Gasteiger partial charge on any atom is 0.0707 e. The minimum atomic E-state index is 0.220. The Morgan fingerprint density at radius 2 is 2.06 bits per heavy atom. The van der Waals surface area contributed by atoms with Gasteiger partial charge in [-0.15, -0.1) is 0 Å². The second-order valence-electron chi connectivity index (χ2n) is 5.01. The predicted octanol–water partition coefficient (Wildman–Crippen LogP) is 0.210. The molecule has 2 saturated heterocycles. The zero-order chi connectivity index (χ0) is 11.4. The van der Waals surface area contributed by atoms with E-state index in [4.69, 9.17) is 4.74 Å². The van der Waals surface area contributed by atoms with E-state index >= 15 is 0 Å². The van der Waals surface area contributed by atoms with Crippen molar-refractivity contribution in [1.29, 1.82) is 0 Å². The van der Waals surface area contributed by atoms with Crippen LogP contribution in [-0.4, -0.2) is 61.0 Å². The largest absolute Gasteiger partial charge is 0.395 e. The number of ether oxygens (including phenoxy) is 1. The highest BCUT2D eigenvalue weighted by atomic mass is 16.5. The summed E-state index contributed by atoms with van der Waals surface area (Å²) in [4.78, 5) is 2.44. The first-order valence-corrected chi connectivity index (χ1v) is 6.54.